The van der Waals surface area contributed by atoms with Crippen LogP contribution in [0, 0.1) is 5.92 Å². The van der Waals surface area contributed by atoms with Gasteiger partial charge in [0, 0.05) is 32.7 Å². The fourth-order valence-corrected chi connectivity index (χ4v) is 1.58. The first-order valence-corrected chi connectivity index (χ1v) is 6.49. The van der Waals surface area contributed by atoms with Gasteiger partial charge in [0.15, 0.2) is 0 Å². The monoisotopic (exact) mass is 419 g/mol. The van der Waals surface area contributed by atoms with E-state index in [0.717, 1.165) is 32.1 Å². The van der Waals surface area contributed by atoms with Crippen molar-refractivity contribution in [1.29, 1.82) is 0 Å². The minimum atomic E-state index is 0. The Morgan fingerprint density at radius 3 is 1.75 bits per heavy atom. The van der Waals surface area contributed by atoms with E-state index in [1.54, 1.807) is 6.08 Å². The molecular formula is C22H50OY. The zero-order chi connectivity index (χ0) is 12.8. The Morgan fingerprint density at radius 2 is 1.29 bits per heavy atom. The van der Waals surface area contributed by atoms with E-state index in [1.807, 2.05) is 12.2 Å². The molecule has 0 aliphatic carbocycles. The summed E-state index contributed by atoms with van der Waals surface area (Å²) >= 11 is 0. The van der Waals surface area contributed by atoms with E-state index in [0.29, 0.717) is 5.92 Å². The summed E-state index contributed by atoms with van der Waals surface area (Å²) in [6.45, 7) is 6.07. The maximum atomic E-state index is 8.61. The number of hydrogen-bond acceptors (Lipinski definition) is 1. The number of hydrogen-bond donors (Lipinski definition) is 1. The molecule has 0 fully saturated rings. The molecule has 0 amide bonds. The normalized spacial score (nSPS) is 9.92. The zero-order valence-electron chi connectivity index (χ0n) is 11.6. The summed E-state index contributed by atoms with van der Waals surface area (Å²) in [4.78, 5) is 0. The molecule has 0 aromatic heterocycles. The van der Waals surface area contributed by atoms with E-state index in [9.17, 15) is 0 Å². The van der Waals surface area contributed by atoms with Gasteiger partial charge in [0.25, 0.3) is 0 Å². The SMILES string of the molecule is C.C.C.C.C.C.C=CC(C/C=C/CC/C=C/C)CC/C=C\CO.[Y]. The van der Waals surface area contributed by atoms with Crippen LogP contribution in [0.3, 0.4) is 0 Å². The van der Waals surface area contributed by atoms with Gasteiger partial charge < -0.3 is 5.11 Å². The average Bonchev–Trinajstić information content (AvgIpc) is 2.36. The van der Waals surface area contributed by atoms with Crippen LogP contribution in [0.1, 0.15) is 83.6 Å². The number of aliphatic hydroxyl groups excluding tert-OH is 1. The van der Waals surface area contributed by atoms with Crippen LogP contribution in [0.5, 0.6) is 0 Å². The summed E-state index contributed by atoms with van der Waals surface area (Å²) < 4.78 is 0. The average molecular weight is 420 g/mol. The van der Waals surface area contributed by atoms with Gasteiger partial charge in [0.2, 0.25) is 0 Å². The molecule has 1 unspecified atom stereocenters. The standard InChI is InChI=1S/C16H26O.6CH4.Y/c1-3-5-6-7-8-10-13-16(4-2)14-11-9-12-15-17;;;;;;;/h3-5,8-10,12,16-17H,2,6-7,11,13-15H2,1H3;6*1H4;/b5-3+,10-8+,12-9-;;;;;;;. The van der Waals surface area contributed by atoms with Crippen molar-refractivity contribution < 1.29 is 37.8 Å². The van der Waals surface area contributed by atoms with Crippen molar-refractivity contribution in [3.8, 4) is 0 Å². The van der Waals surface area contributed by atoms with Crippen molar-refractivity contribution in [1.82, 2.24) is 0 Å². The predicted molar refractivity (Wildman–Crippen MR) is 117 cm³/mol. The number of rotatable bonds is 10. The van der Waals surface area contributed by atoms with Crippen molar-refractivity contribution in [3.05, 3.63) is 49.1 Å². The minimum absolute atomic E-state index is 0. The molecule has 2 heteroatoms. The first kappa shape index (κ1) is 49.6. The van der Waals surface area contributed by atoms with E-state index in [-0.39, 0.29) is 83.9 Å². The number of allylic oxidation sites excluding steroid dienone is 6. The van der Waals surface area contributed by atoms with Gasteiger partial charge in [-0.25, -0.2) is 0 Å². The molecule has 147 valence electrons. The summed E-state index contributed by atoms with van der Waals surface area (Å²) in [5.41, 5.74) is 0. The quantitative estimate of drug-likeness (QED) is 0.279. The molecule has 0 bridgehead atoms. The van der Waals surface area contributed by atoms with E-state index >= 15 is 0 Å². The Morgan fingerprint density at radius 1 is 0.792 bits per heavy atom. The molecular weight excluding hydrogens is 369 g/mol. The third-order valence-electron chi connectivity index (χ3n) is 2.65. The van der Waals surface area contributed by atoms with E-state index in [4.69, 9.17) is 5.11 Å². The maximum absolute atomic E-state index is 8.61. The molecule has 1 radical (unpaired) electrons. The van der Waals surface area contributed by atoms with Crippen molar-refractivity contribution in [2.75, 3.05) is 6.61 Å². The van der Waals surface area contributed by atoms with Crippen LogP contribution in [0.15, 0.2) is 49.1 Å². The van der Waals surface area contributed by atoms with Crippen molar-refractivity contribution in [2.24, 2.45) is 5.92 Å². The number of aliphatic hydroxyl groups is 1. The topological polar surface area (TPSA) is 20.2 Å². The summed E-state index contributed by atoms with van der Waals surface area (Å²) in [7, 11) is 0. The van der Waals surface area contributed by atoms with Gasteiger partial charge in [-0.1, -0.05) is 87.1 Å². The fraction of sp³-hybridized carbons (Fsp3) is 0.636. The molecule has 1 atom stereocenters. The van der Waals surface area contributed by atoms with Gasteiger partial charge in [0.1, 0.15) is 0 Å². The Kier molecular flexibility index (Phi) is 89.9. The van der Waals surface area contributed by atoms with E-state index < -0.39 is 0 Å². The van der Waals surface area contributed by atoms with Gasteiger partial charge in [-0.15, -0.1) is 6.58 Å². The second-order valence-electron chi connectivity index (χ2n) is 4.08. The Hall–Kier alpha value is 0.0239. The molecule has 0 saturated carbocycles. The molecule has 1 N–H and O–H groups in total. The Balaban J connectivity index is -0.0000000610. The summed E-state index contributed by atoms with van der Waals surface area (Å²) in [6.07, 6.45) is 20.1. The van der Waals surface area contributed by atoms with Gasteiger partial charge >= 0.3 is 0 Å². The maximum Gasteiger partial charge on any atom is 0.0612 e. The van der Waals surface area contributed by atoms with Crippen molar-refractivity contribution in [3.63, 3.8) is 0 Å². The van der Waals surface area contributed by atoms with Crippen LogP contribution < -0.4 is 0 Å². The molecule has 0 heterocycles. The van der Waals surface area contributed by atoms with Crippen LogP contribution >= 0.6 is 0 Å². The second-order valence-corrected chi connectivity index (χ2v) is 4.08. The van der Waals surface area contributed by atoms with Crippen LogP contribution in [0.4, 0.5) is 0 Å². The molecule has 1 nitrogen and oxygen atoms in total. The van der Waals surface area contributed by atoms with Crippen LogP contribution in [0.25, 0.3) is 0 Å². The first-order valence-electron chi connectivity index (χ1n) is 6.49. The van der Waals surface area contributed by atoms with Crippen molar-refractivity contribution in [2.45, 2.75) is 83.6 Å². The van der Waals surface area contributed by atoms with Crippen LogP contribution in [-0.4, -0.2) is 11.7 Å². The first-order chi connectivity index (χ1) is 8.35. The van der Waals surface area contributed by atoms with E-state index in [1.165, 1.54) is 0 Å². The Labute approximate surface area is 182 Å². The second kappa shape index (κ2) is 43.5. The molecule has 24 heavy (non-hydrogen) atoms. The van der Waals surface area contributed by atoms with Crippen molar-refractivity contribution >= 4 is 0 Å². The third-order valence-corrected chi connectivity index (χ3v) is 2.65. The van der Waals surface area contributed by atoms with Gasteiger partial charge in [-0.3, -0.25) is 0 Å². The van der Waals surface area contributed by atoms with Gasteiger partial charge in [-0.2, -0.15) is 0 Å². The molecule has 0 aliphatic heterocycles. The van der Waals surface area contributed by atoms with Gasteiger partial charge in [0.05, 0.1) is 6.61 Å². The number of unbranched alkanes of at least 4 members (excludes halogenated alkanes) is 1. The van der Waals surface area contributed by atoms with E-state index in [2.05, 4.69) is 37.8 Å². The smallest absolute Gasteiger partial charge is 0.0612 e. The van der Waals surface area contributed by atoms with Crippen LogP contribution in [-0.2, 0) is 32.7 Å². The Bertz CT molecular complexity index is 255. The largest absolute Gasteiger partial charge is 0.392 e. The minimum Gasteiger partial charge on any atom is -0.392 e. The fourth-order valence-electron chi connectivity index (χ4n) is 1.58. The van der Waals surface area contributed by atoms with Crippen LogP contribution in [0.2, 0.25) is 0 Å². The predicted octanol–water partition coefficient (Wildman–Crippen LogP) is 8.23. The molecule has 0 aliphatic rings. The molecule has 0 saturated heterocycles. The summed E-state index contributed by atoms with van der Waals surface area (Å²) in [5.74, 6) is 0.552. The molecule has 0 aromatic rings. The molecule has 0 aromatic carbocycles. The summed E-state index contributed by atoms with van der Waals surface area (Å²) in [5, 5.41) is 8.61. The summed E-state index contributed by atoms with van der Waals surface area (Å²) in [6, 6.07) is 0. The third kappa shape index (κ3) is 37.9. The molecule has 0 rings (SSSR count). The van der Waals surface area contributed by atoms with Gasteiger partial charge in [-0.05, 0) is 44.9 Å². The molecule has 0 spiro atoms. The zero-order valence-corrected chi connectivity index (χ0v) is 14.4.